The molecular weight excluding hydrogens is 404 g/mol. The molecule has 2 heterocycles. The number of benzene rings is 1. The molecule has 2 aromatic heterocycles. The minimum absolute atomic E-state index is 0.111. The molecule has 29 heavy (non-hydrogen) atoms. The van der Waals surface area contributed by atoms with Crippen LogP contribution in [-0.2, 0) is 16.8 Å². The van der Waals surface area contributed by atoms with Crippen LogP contribution in [0.1, 0.15) is 42.6 Å². The number of nitrogens with one attached hydrogen (secondary N) is 1. The van der Waals surface area contributed by atoms with Gasteiger partial charge in [0.25, 0.3) is 5.91 Å². The van der Waals surface area contributed by atoms with E-state index in [0.717, 1.165) is 24.2 Å². The number of amides is 1. The molecule has 4 rings (SSSR count). The van der Waals surface area contributed by atoms with Gasteiger partial charge >= 0.3 is 0 Å². The van der Waals surface area contributed by atoms with E-state index >= 15 is 0 Å². The van der Waals surface area contributed by atoms with Crippen LogP contribution in [0, 0.1) is 0 Å². The first kappa shape index (κ1) is 20.0. The number of thiazole rings is 1. The highest BCUT2D eigenvalue weighted by molar-refractivity contribution is 7.14. The molecular formula is C22H23ClN4OS. The normalized spacial score (nSPS) is 20.8. The molecule has 0 atom stereocenters. The molecule has 1 aromatic carbocycles. The Morgan fingerprint density at radius 1 is 1.24 bits per heavy atom. The number of nitrogens with zero attached hydrogens (tertiary/aromatic N) is 3. The number of hydrogen-bond acceptors (Lipinski definition) is 5. The lowest BCUT2D eigenvalue weighted by molar-refractivity contribution is -0.117. The predicted octanol–water partition coefficient (Wildman–Crippen LogP) is 4.65. The summed E-state index contributed by atoms with van der Waals surface area (Å²) in [6.07, 6.45) is 3.85. The summed E-state index contributed by atoms with van der Waals surface area (Å²) in [5.41, 5.74) is 6.58. The Morgan fingerprint density at radius 3 is 2.69 bits per heavy atom. The number of carbonyl (C=O) groups is 1. The molecule has 0 radical (unpaired) electrons. The van der Waals surface area contributed by atoms with Crippen LogP contribution >= 0.6 is 22.9 Å². The Morgan fingerprint density at radius 2 is 2.00 bits per heavy atom. The van der Waals surface area contributed by atoms with Crippen molar-refractivity contribution in [3.63, 3.8) is 0 Å². The predicted molar refractivity (Wildman–Crippen MR) is 117 cm³/mol. The average molecular weight is 427 g/mol. The Bertz CT molecular complexity index is 957. The first-order valence-corrected chi connectivity index (χ1v) is 11.0. The average Bonchev–Trinajstić information content (AvgIpc) is 3.22. The van der Waals surface area contributed by atoms with Crippen LogP contribution in [0.4, 0.5) is 5.13 Å². The molecule has 1 fully saturated rings. The van der Waals surface area contributed by atoms with Crippen LogP contribution in [0.25, 0.3) is 0 Å². The van der Waals surface area contributed by atoms with Crippen molar-refractivity contribution in [2.45, 2.75) is 37.6 Å². The maximum Gasteiger partial charge on any atom is 0.258 e. The Balaban J connectivity index is 1.44. The quantitative estimate of drug-likeness (QED) is 0.441. The SMILES string of the molecule is CC1(c2ccccc2)CC(c2csc(N(NCc3ccccn3)C(=O)CCl)n2)C1. The molecule has 1 saturated carbocycles. The number of halogens is 1. The van der Waals surface area contributed by atoms with Crippen LogP contribution in [0.2, 0.25) is 0 Å². The summed E-state index contributed by atoms with van der Waals surface area (Å²) in [5, 5.41) is 4.13. The molecule has 1 aliphatic rings. The summed E-state index contributed by atoms with van der Waals surface area (Å²) in [7, 11) is 0. The van der Waals surface area contributed by atoms with Gasteiger partial charge in [-0.2, -0.15) is 0 Å². The van der Waals surface area contributed by atoms with Gasteiger partial charge in [0.2, 0.25) is 5.13 Å². The van der Waals surface area contributed by atoms with Crippen molar-refractivity contribution in [1.29, 1.82) is 0 Å². The van der Waals surface area contributed by atoms with Crippen molar-refractivity contribution in [3.8, 4) is 0 Å². The minimum Gasteiger partial charge on any atom is -0.272 e. The maximum atomic E-state index is 12.4. The molecule has 5 nitrogen and oxygen atoms in total. The monoisotopic (exact) mass is 426 g/mol. The topological polar surface area (TPSA) is 58.1 Å². The second kappa shape index (κ2) is 8.61. The first-order valence-electron chi connectivity index (χ1n) is 9.62. The van der Waals surface area contributed by atoms with E-state index in [0.29, 0.717) is 17.6 Å². The fourth-order valence-corrected chi connectivity index (χ4v) is 4.89. The van der Waals surface area contributed by atoms with Gasteiger partial charge in [-0.05, 0) is 36.0 Å². The van der Waals surface area contributed by atoms with E-state index in [4.69, 9.17) is 16.6 Å². The summed E-state index contributed by atoms with van der Waals surface area (Å²) >= 11 is 7.28. The number of hydrazine groups is 1. The second-order valence-electron chi connectivity index (χ2n) is 7.61. The van der Waals surface area contributed by atoms with Crippen molar-refractivity contribution in [2.75, 3.05) is 10.9 Å². The Hall–Kier alpha value is -2.28. The molecule has 0 saturated heterocycles. The molecule has 1 N–H and O–H groups in total. The largest absolute Gasteiger partial charge is 0.272 e. The third-order valence-corrected chi connectivity index (χ3v) is 6.56. The third-order valence-electron chi connectivity index (χ3n) is 5.49. The summed E-state index contributed by atoms with van der Waals surface area (Å²) in [5.74, 6) is 0.0693. The van der Waals surface area contributed by atoms with Crippen LogP contribution < -0.4 is 10.4 Å². The van der Waals surface area contributed by atoms with Gasteiger partial charge in [0.1, 0.15) is 5.88 Å². The Labute approximate surface area is 179 Å². The zero-order valence-corrected chi connectivity index (χ0v) is 17.8. The number of alkyl halides is 1. The molecule has 150 valence electrons. The van der Waals surface area contributed by atoms with E-state index in [1.54, 1.807) is 6.20 Å². The van der Waals surface area contributed by atoms with E-state index in [2.05, 4.69) is 53.0 Å². The first-order chi connectivity index (χ1) is 14.1. The second-order valence-corrected chi connectivity index (χ2v) is 8.71. The summed E-state index contributed by atoms with van der Waals surface area (Å²) in [6.45, 7) is 2.73. The van der Waals surface area contributed by atoms with Crippen molar-refractivity contribution in [2.24, 2.45) is 0 Å². The lowest BCUT2D eigenvalue weighted by Crippen LogP contribution is -2.43. The van der Waals surface area contributed by atoms with Crippen LogP contribution in [0.5, 0.6) is 0 Å². The minimum atomic E-state index is -0.230. The standard InChI is InChI=1S/C22H23ClN4OS/c1-22(17-7-3-2-4-8-17)11-16(12-22)19-15-29-21(26-19)27(20(28)13-23)25-14-18-9-5-6-10-24-18/h2-10,15-16,25H,11-14H2,1H3. The van der Waals surface area contributed by atoms with E-state index in [1.807, 2.05) is 18.2 Å². The van der Waals surface area contributed by atoms with Crippen molar-refractivity contribution in [1.82, 2.24) is 15.4 Å². The summed E-state index contributed by atoms with van der Waals surface area (Å²) < 4.78 is 0. The zero-order chi connectivity index (χ0) is 20.3. The molecule has 3 aromatic rings. The zero-order valence-electron chi connectivity index (χ0n) is 16.2. The van der Waals surface area contributed by atoms with Gasteiger partial charge in [-0.15, -0.1) is 22.9 Å². The summed E-state index contributed by atoms with van der Waals surface area (Å²) in [6, 6.07) is 16.3. The number of anilines is 1. The number of hydrogen-bond donors (Lipinski definition) is 1. The summed E-state index contributed by atoms with van der Waals surface area (Å²) in [4.78, 5) is 21.4. The highest BCUT2D eigenvalue weighted by atomic mass is 35.5. The van der Waals surface area contributed by atoms with E-state index in [1.165, 1.54) is 21.9 Å². The lowest BCUT2D eigenvalue weighted by atomic mass is 9.59. The lowest BCUT2D eigenvalue weighted by Gasteiger charge is -2.45. The molecule has 0 spiro atoms. The van der Waals surface area contributed by atoms with Gasteiger partial charge in [0.15, 0.2) is 0 Å². The highest BCUT2D eigenvalue weighted by Crippen LogP contribution is 2.52. The van der Waals surface area contributed by atoms with Gasteiger partial charge in [-0.25, -0.2) is 15.4 Å². The van der Waals surface area contributed by atoms with Gasteiger partial charge in [0, 0.05) is 17.5 Å². The molecule has 1 amide bonds. The molecule has 1 aliphatic carbocycles. The van der Waals surface area contributed by atoms with E-state index in [-0.39, 0.29) is 17.2 Å². The van der Waals surface area contributed by atoms with E-state index < -0.39 is 0 Å². The number of carbonyl (C=O) groups excluding carboxylic acids is 1. The fourth-order valence-electron chi connectivity index (χ4n) is 3.86. The van der Waals surface area contributed by atoms with Gasteiger partial charge in [-0.3, -0.25) is 9.78 Å². The van der Waals surface area contributed by atoms with Crippen LogP contribution in [0.15, 0.2) is 60.1 Å². The highest BCUT2D eigenvalue weighted by Gasteiger charge is 2.43. The maximum absolute atomic E-state index is 12.4. The molecule has 0 aliphatic heterocycles. The van der Waals surface area contributed by atoms with Crippen molar-refractivity contribution in [3.05, 3.63) is 77.1 Å². The van der Waals surface area contributed by atoms with Gasteiger partial charge in [-0.1, -0.05) is 43.3 Å². The van der Waals surface area contributed by atoms with Crippen molar-refractivity contribution < 1.29 is 4.79 Å². The number of pyridine rings is 1. The van der Waals surface area contributed by atoms with Gasteiger partial charge < -0.3 is 0 Å². The van der Waals surface area contributed by atoms with Crippen LogP contribution in [0.3, 0.4) is 0 Å². The van der Waals surface area contributed by atoms with Crippen molar-refractivity contribution >= 4 is 34.0 Å². The fraction of sp³-hybridized carbons (Fsp3) is 0.318. The smallest absolute Gasteiger partial charge is 0.258 e. The van der Waals surface area contributed by atoms with Gasteiger partial charge in [0.05, 0.1) is 17.9 Å². The number of rotatable bonds is 7. The molecule has 0 bridgehead atoms. The number of aromatic nitrogens is 2. The molecule has 0 unspecified atom stereocenters. The van der Waals surface area contributed by atoms with E-state index in [9.17, 15) is 4.79 Å². The third kappa shape index (κ3) is 4.34. The van der Waals surface area contributed by atoms with Crippen LogP contribution in [-0.4, -0.2) is 21.8 Å². The molecule has 7 heteroatoms. The Kier molecular flexibility index (Phi) is 5.94.